The highest BCUT2D eigenvalue weighted by Gasteiger charge is 2.42. The maximum Gasteiger partial charge on any atom is 0.251 e. The van der Waals surface area contributed by atoms with Crippen LogP contribution in [0.3, 0.4) is 0 Å². The molecule has 4 heterocycles. The van der Waals surface area contributed by atoms with Crippen molar-refractivity contribution in [2.24, 2.45) is 0 Å². The molecule has 1 saturated heterocycles. The lowest BCUT2D eigenvalue weighted by atomic mass is 10.0. The molecule has 1 aliphatic carbocycles. The summed E-state index contributed by atoms with van der Waals surface area (Å²) in [5, 5.41) is 22.8. The van der Waals surface area contributed by atoms with Crippen LogP contribution < -0.4 is 35.8 Å². The molecule has 2 aromatic carbocycles. The van der Waals surface area contributed by atoms with E-state index in [0.717, 1.165) is 48.2 Å². The summed E-state index contributed by atoms with van der Waals surface area (Å²) in [6.07, 6.45) is 7.73. The van der Waals surface area contributed by atoms with Gasteiger partial charge in [0.1, 0.15) is 23.7 Å². The predicted octanol–water partition coefficient (Wildman–Crippen LogP) is 3.53. The molecule has 2 unspecified atom stereocenters. The van der Waals surface area contributed by atoms with E-state index in [-0.39, 0.29) is 42.1 Å². The number of nitrogens with one attached hydrogen (secondary N) is 4. The number of carbonyl (C=O) groups excluding carboxylic acids is 4. The molecule has 336 valence electrons. The molecule has 2 fully saturated rings. The van der Waals surface area contributed by atoms with Crippen molar-refractivity contribution in [3.05, 3.63) is 64.8 Å². The molecule has 5 N–H and O–H groups in total. The van der Waals surface area contributed by atoms with E-state index in [2.05, 4.69) is 43.0 Å². The fourth-order valence-electron chi connectivity index (χ4n) is 8.74. The Balaban J connectivity index is 0.758. The lowest BCUT2D eigenvalue weighted by Crippen LogP contribution is -2.55. The van der Waals surface area contributed by atoms with Gasteiger partial charge in [-0.3, -0.25) is 29.4 Å². The number of likely N-dealkylation sites (N-methyl/N-ethyl adjacent to an activating group) is 1. The number of anilines is 4. The van der Waals surface area contributed by atoms with Crippen LogP contribution in [0.5, 0.6) is 5.75 Å². The van der Waals surface area contributed by atoms with Crippen molar-refractivity contribution in [1.82, 2.24) is 30.8 Å². The Bertz CT molecular complexity index is 2190. The third kappa shape index (κ3) is 10.8. The highest BCUT2D eigenvalue weighted by Crippen LogP contribution is 2.41. The number of benzene rings is 2. The number of hydrogen-bond donors (Lipinski definition) is 5. The van der Waals surface area contributed by atoms with E-state index in [1.807, 2.05) is 25.1 Å². The Hall–Kier alpha value is -5.64. The molecule has 63 heavy (non-hydrogen) atoms. The summed E-state index contributed by atoms with van der Waals surface area (Å²) in [6.45, 7) is 6.16. The largest absolute Gasteiger partial charge is 0.495 e. The second-order valence-electron chi connectivity index (χ2n) is 16.1. The minimum absolute atomic E-state index is 0.0631. The number of aliphatic hydroxyl groups is 1. The average molecular weight is 866 g/mol. The maximum atomic E-state index is 13.2. The number of methoxy groups -OCH3 is 1. The first-order valence-corrected chi connectivity index (χ1v) is 22.1. The molecule has 7 rings (SSSR count). The molecular weight excluding hydrogens is 807 g/mol. The second kappa shape index (κ2) is 21.6. The molecule has 0 bridgehead atoms. The highest BCUT2D eigenvalue weighted by molar-refractivity contribution is 6.04. The SMILES string of the molecule is CC[C@@H]1C(=O)N(C)c2cnc(Nc3ccc(C(=O)NCCCOCCOCCNCCC#Cc4cccc5c4CN(C4CCC(=O)NC4=O)C5O)cc3OC)nc2N1C1CCCC1. The molecule has 3 atom stereocenters. The van der Waals surface area contributed by atoms with Crippen LogP contribution in [0.15, 0.2) is 42.6 Å². The first-order valence-electron chi connectivity index (χ1n) is 22.1. The van der Waals surface area contributed by atoms with Gasteiger partial charge in [0.2, 0.25) is 23.7 Å². The molecular formula is C46H59N9O8. The fourth-order valence-corrected chi connectivity index (χ4v) is 8.74. The molecule has 17 heteroatoms. The van der Waals surface area contributed by atoms with Crippen molar-refractivity contribution in [3.63, 3.8) is 0 Å². The van der Waals surface area contributed by atoms with Gasteiger partial charge < -0.3 is 45.1 Å². The Kier molecular flexibility index (Phi) is 15.6. The quantitative estimate of drug-likeness (QED) is 0.0666. The van der Waals surface area contributed by atoms with E-state index in [0.29, 0.717) is 107 Å². The van der Waals surface area contributed by atoms with E-state index in [1.165, 1.54) is 0 Å². The minimum atomic E-state index is -0.915. The van der Waals surface area contributed by atoms with Crippen molar-refractivity contribution < 1.29 is 38.5 Å². The number of nitrogens with zero attached hydrogens (tertiary/aromatic N) is 5. The number of aromatic nitrogens is 2. The summed E-state index contributed by atoms with van der Waals surface area (Å²) in [6, 6.07) is 10.3. The number of fused-ring (bicyclic) bond motifs is 2. The lowest BCUT2D eigenvalue weighted by molar-refractivity contribution is -0.141. The second-order valence-corrected chi connectivity index (χ2v) is 16.1. The Labute approximate surface area is 368 Å². The van der Waals surface area contributed by atoms with Crippen molar-refractivity contribution in [2.75, 3.05) is 75.3 Å². The zero-order valence-corrected chi connectivity index (χ0v) is 36.4. The van der Waals surface area contributed by atoms with Gasteiger partial charge in [0, 0.05) is 75.4 Å². The van der Waals surface area contributed by atoms with Crippen LogP contribution in [-0.2, 0) is 30.4 Å². The van der Waals surface area contributed by atoms with Gasteiger partial charge in [-0.2, -0.15) is 4.98 Å². The van der Waals surface area contributed by atoms with E-state index in [9.17, 15) is 24.3 Å². The zero-order chi connectivity index (χ0) is 44.3. The van der Waals surface area contributed by atoms with Gasteiger partial charge in [0.25, 0.3) is 5.91 Å². The first-order chi connectivity index (χ1) is 30.7. The first kappa shape index (κ1) is 45.4. The summed E-state index contributed by atoms with van der Waals surface area (Å²) in [5.74, 6) is 7.21. The van der Waals surface area contributed by atoms with Crippen molar-refractivity contribution in [1.29, 1.82) is 0 Å². The van der Waals surface area contributed by atoms with Gasteiger partial charge in [0.15, 0.2) is 5.82 Å². The molecule has 17 nitrogen and oxygen atoms in total. The van der Waals surface area contributed by atoms with Gasteiger partial charge in [0.05, 0.1) is 44.9 Å². The van der Waals surface area contributed by atoms with Gasteiger partial charge >= 0.3 is 0 Å². The number of carbonyl (C=O) groups is 4. The van der Waals surface area contributed by atoms with Crippen molar-refractivity contribution >= 4 is 46.8 Å². The van der Waals surface area contributed by atoms with Gasteiger partial charge in [-0.05, 0) is 61.9 Å². The topological polar surface area (TPSA) is 200 Å². The maximum absolute atomic E-state index is 13.2. The molecule has 1 saturated carbocycles. The van der Waals surface area contributed by atoms with E-state index < -0.39 is 12.3 Å². The molecule has 1 aromatic heterocycles. The van der Waals surface area contributed by atoms with E-state index in [1.54, 1.807) is 48.4 Å². The number of hydrogen-bond acceptors (Lipinski definition) is 14. The molecule has 4 amide bonds. The number of rotatable bonds is 19. The number of piperidine rings is 1. The molecule has 0 spiro atoms. The summed E-state index contributed by atoms with van der Waals surface area (Å²) in [4.78, 5) is 65.3. The number of amides is 4. The predicted molar refractivity (Wildman–Crippen MR) is 237 cm³/mol. The number of ether oxygens (including phenoxy) is 3. The standard InChI is InChI=1S/C46H59N9O8/c1-4-36-45(60)53(2)38-28-49-46(52-41(38)55(36)32-13-5-6-14-32)50-35-17-16-31(27-39(35)61-3)42(57)48-21-10-23-62-25-26-63-24-22-47-20-8-7-11-30-12-9-15-33-34(30)29-54(44(33)59)37-18-19-40(56)51-43(37)58/h9,12,15-17,27-28,32,36-37,44,47,59H,4-6,8,10,13-14,18-26,29H2,1-3H3,(H,48,57)(H,49,50,52)(H,51,56,58)/t36-,37?,44?/m1/s1. The number of imide groups is 1. The molecule has 0 radical (unpaired) electrons. The molecule has 4 aliphatic rings. The average Bonchev–Trinajstić information content (AvgIpc) is 3.94. The van der Waals surface area contributed by atoms with Gasteiger partial charge in [-0.1, -0.05) is 43.7 Å². The van der Waals surface area contributed by atoms with E-state index >= 15 is 0 Å². The van der Waals surface area contributed by atoms with Gasteiger partial charge in [-0.25, -0.2) is 4.98 Å². The summed E-state index contributed by atoms with van der Waals surface area (Å²) >= 11 is 0. The zero-order valence-electron chi connectivity index (χ0n) is 36.4. The normalized spacial score (nSPS) is 19.9. The Morgan fingerprint density at radius 2 is 1.83 bits per heavy atom. The van der Waals surface area contributed by atoms with Crippen LogP contribution in [0.25, 0.3) is 0 Å². The van der Waals surface area contributed by atoms with E-state index in [4.69, 9.17) is 19.2 Å². The van der Waals surface area contributed by atoms with Crippen LogP contribution >= 0.6 is 0 Å². The third-order valence-corrected chi connectivity index (χ3v) is 12.1. The van der Waals surface area contributed by atoms with Crippen LogP contribution in [-0.4, -0.2) is 122 Å². The molecule has 3 aliphatic heterocycles. The van der Waals surface area contributed by atoms with Crippen molar-refractivity contribution in [2.45, 2.75) is 95.6 Å². The van der Waals surface area contributed by atoms with Crippen LogP contribution in [0, 0.1) is 11.8 Å². The molecule has 3 aromatic rings. The van der Waals surface area contributed by atoms with Crippen LogP contribution in [0.2, 0.25) is 0 Å². The summed E-state index contributed by atoms with van der Waals surface area (Å²) in [7, 11) is 3.33. The smallest absolute Gasteiger partial charge is 0.251 e. The monoisotopic (exact) mass is 865 g/mol. The third-order valence-electron chi connectivity index (χ3n) is 12.1. The summed E-state index contributed by atoms with van der Waals surface area (Å²) in [5.41, 5.74) is 4.25. The lowest BCUT2D eigenvalue weighted by Gasteiger charge is -2.43. The minimum Gasteiger partial charge on any atom is -0.495 e. The van der Waals surface area contributed by atoms with Crippen LogP contribution in [0.4, 0.5) is 23.1 Å². The van der Waals surface area contributed by atoms with Crippen LogP contribution in [0.1, 0.15) is 98.0 Å². The fraction of sp³-hybridized carbons (Fsp3) is 0.522. The Morgan fingerprint density at radius 3 is 2.60 bits per heavy atom. The highest BCUT2D eigenvalue weighted by atomic mass is 16.5. The number of aliphatic hydroxyl groups excluding tert-OH is 1. The Morgan fingerprint density at radius 1 is 1.02 bits per heavy atom. The summed E-state index contributed by atoms with van der Waals surface area (Å²) < 4.78 is 17.0. The van der Waals surface area contributed by atoms with Gasteiger partial charge in [-0.15, -0.1) is 0 Å². The van der Waals surface area contributed by atoms with Crippen molar-refractivity contribution in [3.8, 4) is 17.6 Å².